The van der Waals surface area contributed by atoms with Gasteiger partial charge in [0.15, 0.2) is 11.6 Å². The molecule has 3 N–H and O–H groups in total. The average Bonchev–Trinajstić information content (AvgIpc) is 2.82. The Balaban J connectivity index is 2.20. The van der Waals surface area contributed by atoms with Crippen LogP contribution in [0.1, 0.15) is 16.5 Å². The number of halogens is 2. The van der Waals surface area contributed by atoms with E-state index in [9.17, 15) is 8.78 Å². The highest BCUT2D eigenvalue weighted by Crippen LogP contribution is 2.22. The molecule has 1 aromatic carbocycles. The molecule has 5 heteroatoms. The van der Waals surface area contributed by atoms with E-state index in [1.165, 1.54) is 12.1 Å². The summed E-state index contributed by atoms with van der Waals surface area (Å²) in [6.07, 6.45) is 0.652. The molecule has 0 radical (unpaired) electrons. The lowest BCUT2D eigenvalue weighted by Crippen LogP contribution is -2.29. The molecular formula is C12H12F2N2S. The zero-order valence-electron chi connectivity index (χ0n) is 8.99. The van der Waals surface area contributed by atoms with Gasteiger partial charge in [0.05, 0.1) is 6.04 Å². The zero-order valence-corrected chi connectivity index (χ0v) is 9.81. The lowest BCUT2D eigenvalue weighted by atomic mass is 10.0. The van der Waals surface area contributed by atoms with E-state index >= 15 is 0 Å². The van der Waals surface area contributed by atoms with Crippen LogP contribution in [0.5, 0.6) is 0 Å². The molecule has 0 spiro atoms. The van der Waals surface area contributed by atoms with Gasteiger partial charge in [-0.25, -0.2) is 8.78 Å². The normalized spacial score (nSPS) is 12.6. The van der Waals surface area contributed by atoms with Gasteiger partial charge in [-0.1, -0.05) is 12.1 Å². The molecule has 17 heavy (non-hydrogen) atoms. The molecule has 0 saturated carbocycles. The molecule has 0 aliphatic rings. The third-order valence-electron chi connectivity index (χ3n) is 2.53. The van der Waals surface area contributed by atoms with Crippen LogP contribution in [0.2, 0.25) is 0 Å². The fraction of sp³-hybridized carbons (Fsp3) is 0.167. The van der Waals surface area contributed by atoms with Gasteiger partial charge >= 0.3 is 0 Å². The quantitative estimate of drug-likeness (QED) is 0.650. The van der Waals surface area contributed by atoms with Crippen molar-refractivity contribution in [1.29, 1.82) is 0 Å². The van der Waals surface area contributed by atoms with Crippen molar-refractivity contribution < 1.29 is 8.78 Å². The number of hydrogen-bond donors (Lipinski definition) is 2. The molecule has 2 aromatic rings. The molecule has 2 rings (SSSR count). The Bertz CT molecular complexity index is 485. The smallest absolute Gasteiger partial charge is 0.159 e. The minimum Gasteiger partial charge on any atom is -0.271 e. The van der Waals surface area contributed by atoms with Crippen LogP contribution in [0.3, 0.4) is 0 Å². The van der Waals surface area contributed by atoms with Crippen LogP contribution in [0, 0.1) is 11.6 Å². The van der Waals surface area contributed by atoms with Crippen molar-refractivity contribution in [3.8, 4) is 0 Å². The van der Waals surface area contributed by atoms with E-state index < -0.39 is 11.6 Å². The highest BCUT2D eigenvalue weighted by molar-refractivity contribution is 7.09. The van der Waals surface area contributed by atoms with Crippen LogP contribution < -0.4 is 11.3 Å². The van der Waals surface area contributed by atoms with Crippen LogP contribution in [0.15, 0.2) is 35.7 Å². The molecule has 1 heterocycles. The SMILES string of the molecule is NNC(Cc1cccs1)c1ccc(F)c(F)c1. The van der Waals surface area contributed by atoms with E-state index in [0.29, 0.717) is 12.0 Å². The molecule has 0 amide bonds. The summed E-state index contributed by atoms with van der Waals surface area (Å²) >= 11 is 1.61. The van der Waals surface area contributed by atoms with Gasteiger partial charge in [-0.2, -0.15) is 0 Å². The maximum Gasteiger partial charge on any atom is 0.159 e. The number of nitrogens with one attached hydrogen (secondary N) is 1. The first-order valence-electron chi connectivity index (χ1n) is 5.14. The van der Waals surface area contributed by atoms with Crippen LogP contribution in [0.4, 0.5) is 8.78 Å². The van der Waals surface area contributed by atoms with Gasteiger partial charge in [0.1, 0.15) is 0 Å². The first kappa shape index (κ1) is 12.2. The first-order chi connectivity index (χ1) is 8.20. The molecule has 0 saturated heterocycles. The molecule has 0 bridgehead atoms. The van der Waals surface area contributed by atoms with Crippen molar-refractivity contribution in [1.82, 2.24) is 5.43 Å². The van der Waals surface area contributed by atoms with E-state index in [1.807, 2.05) is 17.5 Å². The fourth-order valence-electron chi connectivity index (χ4n) is 1.63. The molecule has 0 aliphatic carbocycles. The Morgan fingerprint density at radius 1 is 1.24 bits per heavy atom. The third-order valence-corrected chi connectivity index (χ3v) is 3.43. The summed E-state index contributed by atoms with van der Waals surface area (Å²) in [6.45, 7) is 0. The second-order valence-electron chi connectivity index (χ2n) is 3.68. The van der Waals surface area contributed by atoms with Gasteiger partial charge in [-0.15, -0.1) is 11.3 Å². The number of thiophene rings is 1. The highest BCUT2D eigenvalue weighted by Gasteiger charge is 2.13. The minimum atomic E-state index is -0.853. The topological polar surface area (TPSA) is 38.0 Å². The predicted octanol–water partition coefficient (Wildman–Crippen LogP) is 2.77. The van der Waals surface area contributed by atoms with Gasteiger partial charge in [0.25, 0.3) is 0 Å². The molecule has 0 aliphatic heterocycles. The number of benzene rings is 1. The van der Waals surface area contributed by atoms with Gasteiger partial charge < -0.3 is 0 Å². The minimum absolute atomic E-state index is 0.219. The number of hydrazine groups is 1. The summed E-state index contributed by atoms with van der Waals surface area (Å²) in [5.74, 6) is 3.75. The molecule has 1 aromatic heterocycles. The summed E-state index contributed by atoms with van der Waals surface area (Å²) in [6, 6.07) is 7.53. The van der Waals surface area contributed by atoms with Crippen molar-refractivity contribution in [2.45, 2.75) is 12.5 Å². The Morgan fingerprint density at radius 3 is 2.65 bits per heavy atom. The first-order valence-corrected chi connectivity index (χ1v) is 6.02. The predicted molar refractivity (Wildman–Crippen MR) is 64.4 cm³/mol. The molecule has 0 fully saturated rings. The lowest BCUT2D eigenvalue weighted by Gasteiger charge is -2.15. The second-order valence-corrected chi connectivity index (χ2v) is 4.71. The Labute approximate surface area is 102 Å². The van der Waals surface area contributed by atoms with E-state index in [2.05, 4.69) is 5.43 Å². The van der Waals surface area contributed by atoms with E-state index in [-0.39, 0.29) is 6.04 Å². The summed E-state index contributed by atoms with van der Waals surface area (Å²) in [7, 11) is 0. The summed E-state index contributed by atoms with van der Waals surface area (Å²) in [5.41, 5.74) is 3.26. The van der Waals surface area contributed by atoms with Gasteiger partial charge in [0, 0.05) is 11.3 Å². The molecule has 1 unspecified atom stereocenters. The number of hydrogen-bond acceptors (Lipinski definition) is 3. The Kier molecular flexibility index (Phi) is 3.83. The van der Waals surface area contributed by atoms with Crippen LogP contribution in [0.25, 0.3) is 0 Å². The highest BCUT2D eigenvalue weighted by atomic mass is 32.1. The summed E-state index contributed by atoms with van der Waals surface area (Å²) in [5, 5.41) is 1.97. The largest absolute Gasteiger partial charge is 0.271 e. The maximum atomic E-state index is 13.1. The monoisotopic (exact) mass is 254 g/mol. The van der Waals surface area contributed by atoms with Crippen molar-refractivity contribution in [3.63, 3.8) is 0 Å². The fourth-order valence-corrected chi connectivity index (χ4v) is 2.38. The molecule has 1 atom stereocenters. The molecule has 2 nitrogen and oxygen atoms in total. The second kappa shape index (κ2) is 5.35. The maximum absolute atomic E-state index is 13.1. The van der Waals surface area contributed by atoms with Gasteiger partial charge in [0.2, 0.25) is 0 Å². The van der Waals surface area contributed by atoms with Gasteiger partial charge in [-0.3, -0.25) is 11.3 Å². The summed E-state index contributed by atoms with van der Waals surface area (Å²) < 4.78 is 25.9. The van der Waals surface area contributed by atoms with E-state index in [1.54, 1.807) is 11.3 Å². The molecule has 90 valence electrons. The van der Waals surface area contributed by atoms with Crippen molar-refractivity contribution in [2.24, 2.45) is 5.84 Å². The number of nitrogens with two attached hydrogens (primary N) is 1. The lowest BCUT2D eigenvalue weighted by molar-refractivity contribution is 0.497. The average molecular weight is 254 g/mol. The van der Waals surface area contributed by atoms with Gasteiger partial charge in [-0.05, 0) is 29.1 Å². The van der Waals surface area contributed by atoms with Crippen molar-refractivity contribution in [2.75, 3.05) is 0 Å². The molecular weight excluding hydrogens is 242 g/mol. The van der Waals surface area contributed by atoms with E-state index in [0.717, 1.165) is 10.9 Å². The Hall–Kier alpha value is -1.30. The standard InChI is InChI=1S/C12H12F2N2S/c13-10-4-3-8(6-11(10)14)12(16-15)7-9-2-1-5-17-9/h1-6,12,16H,7,15H2. The Morgan fingerprint density at radius 2 is 2.06 bits per heavy atom. The van der Waals surface area contributed by atoms with Crippen LogP contribution in [-0.4, -0.2) is 0 Å². The summed E-state index contributed by atoms with van der Waals surface area (Å²) in [4.78, 5) is 1.14. The van der Waals surface area contributed by atoms with Crippen LogP contribution >= 0.6 is 11.3 Å². The third kappa shape index (κ3) is 2.88. The zero-order chi connectivity index (χ0) is 12.3. The number of rotatable bonds is 4. The van der Waals surface area contributed by atoms with Crippen molar-refractivity contribution in [3.05, 3.63) is 57.8 Å². The van der Waals surface area contributed by atoms with Crippen molar-refractivity contribution >= 4 is 11.3 Å². The van der Waals surface area contributed by atoms with Crippen LogP contribution in [-0.2, 0) is 6.42 Å². The van der Waals surface area contributed by atoms with E-state index in [4.69, 9.17) is 5.84 Å².